The van der Waals surface area contributed by atoms with Gasteiger partial charge < -0.3 is 0 Å². The average Bonchev–Trinajstić information content (AvgIpc) is 2.59. The second-order valence-corrected chi connectivity index (χ2v) is 4.01. The highest BCUT2D eigenvalue weighted by Crippen LogP contribution is 2.16. The van der Waals surface area contributed by atoms with Gasteiger partial charge in [-0.25, -0.2) is 0 Å². The van der Waals surface area contributed by atoms with Crippen LogP contribution in [0.4, 0.5) is 0 Å². The minimum absolute atomic E-state index is 0.125. The van der Waals surface area contributed by atoms with Gasteiger partial charge in [0.2, 0.25) is 0 Å². The average molecular weight is 175 g/mol. The second kappa shape index (κ2) is 3.50. The lowest BCUT2D eigenvalue weighted by molar-refractivity contribution is 1.65. The molecule has 1 nitrogen and oxygen atoms in total. The largest absolute Gasteiger partial charge is 0.258 e. The van der Waals surface area contributed by atoms with Crippen LogP contribution in [0.15, 0.2) is 46.9 Å². The smallest absolute Gasteiger partial charge is 0.0582 e. The van der Waals surface area contributed by atoms with Gasteiger partial charge in [-0.1, -0.05) is 30.3 Å². The molecule has 0 bridgehead atoms. The fraction of sp³-hybridized carbons (Fsp3) is 0. The summed E-state index contributed by atoms with van der Waals surface area (Å²) in [5.74, 6) is 0. The molecule has 1 aliphatic heterocycles. The quantitative estimate of drug-likeness (QED) is 0.582. The summed E-state index contributed by atoms with van der Waals surface area (Å²) in [7, 11) is 0.125. The number of rotatable bonds is 1. The summed E-state index contributed by atoms with van der Waals surface area (Å²) in [6.07, 6.45) is 1.85. The van der Waals surface area contributed by atoms with Crippen LogP contribution in [0.5, 0.6) is 0 Å². The summed E-state index contributed by atoms with van der Waals surface area (Å²) in [6, 6.07) is 10.3. The molecule has 0 spiro atoms. The van der Waals surface area contributed by atoms with Gasteiger partial charge in [0.25, 0.3) is 0 Å². The van der Waals surface area contributed by atoms with Gasteiger partial charge in [0.1, 0.15) is 0 Å². The van der Waals surface area contributed by atoms with Gasteiger partial charge in [0.15, 0.2) is 0 Å². The molecule has 60 valence electrons. The van der Waals surface area contributed by atoms with Gasteiger partial charge in [-0.2, -0.15) is 0 Å². The molecule has 0 radical (unpaired) electrons. The van der Waals surface area contributed by atoms with Crippen molar-refractivity contribution in [3.8, 4) is 0 Å². The number of hydrogen-bond donors (Lipinski definition) is 0. The van der Waals surface area contributed by atoms with Crippen molar-refractivity contribution in [3.05, 3.63) is 47.5 Å². The Balaban J connectivity index is 2.29. The zero-order valence-corrected chi connectivity index (χ0v) is 7.37. The molecule has 1 unspecified atom stereocenters. The molecule has 1 heterocycles. The zero-order chi connectivity index (χ0) is 8.23. The first kappa shape index (κ1) is 7.50. The van der Waals surface area contributed by atoms with Crippen molar-refractivity contribution in [3.63, 3.8) is 0 Å². The third-order valence-electron chi connectivity index (χ3n) is 1.56. The molecule has 0 aromatic heterocycles. The standard InChI is InChI=1S/C10H9NS/c1-2-4-10(5-3-1)8-12-7-6-11-9-12/h1-9H. The first-order valence-corrected chi connectivity index (χ1v) is 5.17. The van der Waals surface area contributed by atoms with Crippen LogP contribution in [0.2, 0.25) is 0 Å². The molecule has 2 rings (SSSR count). The number of nitrogens with zero attached hydrogens (tertiary/aromatic N) is 1. The fourth-order valence-corrected chi connectivity index (χ4v) is 2.11. The van der Waals surface area contributed by atoms with E-state index in [2.05, 4.69) is 27.9 Å². The minimum atomic E-state index is 0.125. The molecular formula is C10H9NS. The van der Waals surface area contributed by atoms with E-state index in [1.807, 2.05) is 29.9 Å². The lowest BCUT2D eigenvalue weighted by Gasteiger charge is -1.92. The molecule has 0 aliphatic carbocycles. The Labute approximate surface area is 74.4 Å². The summed E-state index contributed by atoms with van der Waals surface area (Å²) < 4.78 is 0. The molecule has 1 atom stereocenters. The van der Waals surface area contributed by atoms with Crippen LogP contribution < -0.4 is 0 Å². The van der Waals surface area contributed by atoms with Gasteiger partial charge in [0.05, 0.1) is 5.55 Å². The van der Waals surface area contributed by atoms with Crippen molar-refractivity contribution in [2.45, 2.75) is 0 Å². The highest BCUT2D eigenvalue weighted by Gasteiger charge is 1.90. The lowest BCUT2D eigenvalue weighted by atomic mass is 10.2. The van der Waals surface area contributed by atoms with E-state index in [0.717, 1.165) is 0 Å². The first-order chi connectivity index (χ1) is 5.95. The highest BCUT2D eigenvalue weighted by atomic mass is 32.2. The summed E-state index contributed by atoms with van der Waals surface area (Å²) in [5.41, 5.74) is 3.23. The van der Waals surface area contributed by atoms with Crippen molar-refractivity contribution in [1.82, 2.24) is 0 Å². The summed E-state index contributed by atoms with van der Waals surface area (Å²) in [5, 5.41) is 4.32. The van der Waals surface area contributed by atoms with E-state index in [-0.39, 0.29) is 10.5 Å². The van der Waals surface area contributed by atoms with Gasteiger partial charge in [0, 0.05) is 6.20 Å². The van der Waals surface area contributed by atoms with Crippen LogP contribution in [0, 0.1) is 0 Å². The Morgan fingerprint density at radius 2 is 2.00 bits per heavy atom. The van der Waals surface area contributed by atoms with E-state index < -0.39 is 0 Å². The van der Waals surface area contributed by atoms with Crippen molar-refractivity contribution in [2.24, 2.45) is 4.99 Å². The Kier molecular flexibility index (Phi) is 2.19. The molecule has 0 saturated carbocycles. The maximum atomic E-state index is 4.04. The summed E-state index contributed by atoms with van der Waals surface area (Å²) in [4.78, 5) is 4.04. The molecule has 0 amide bonds. The third kappa shape index (κ3) is 1.71. The van der Waals surface area contributed by atoms with Crippen LogP contribution in [0.25, 0.3) is 0 Å². The van der Waals surface area contributed by atoms with Gasteiger partial charge in [-0.15, -0.1) is 10.5 Å². The third-order valence-corrected chi connectivity index (χ3v) is 2.90. The number of aliphatic imine (C=N–C) groups is 1. The predicted octanol–water partition coefficient (Wildman–Crippen LogP) is 2.62. The minimum Gasteiger partial charge on any atom is -0.258 e. The Hall–Kier alpha value is -1.15. The maximum absolute atomic E-state index is 4.04. The molecule has 0 fully saturated rings. The normalized spacial score (nSPS) is 20.5. The maximum Gasteiger partial charge on any atom is 0.0582 e. The molecule has 1 aromatic carbocycles. The molecule has 12 heavy (non-hydrogen) atoms. The predicted molar refractivity (Wildman–Crippen MR) is 56.8 cm³/mol. The van der Waals surface area contributed by atoms with Crippen molar-refractivity contribution in [2.75, 3.05) is 0 Å². The Bertz CT molecular complexity index is 335. The SMILES string of the molecule is C1=CS(=Cc2ccccc2)C=N1. The van der Waals surface area contributed by atoms with Gasteiger partial charge in [-0.3, -0.25) is 4.99 Å². The number of benzene rings is 1. The van der Waals surface area contributed by atoms with Gasteiger partial charge >= 0.3 is 0 Å². The number of hydrogen-bond acceptors (Lipinski definition) is 1. The molecule has 1 aliphatic rings. The van der Waals surface area contributed by atoms with Crippen molar-refractivity contribution in [1.29, 1.82) is 0 Å². The van der Waals surface area contributed by atoms with Crippen LogP contribution in [-0.4, -0.2) is 10.9 Å². The monoisotopic (exact) mass is 175 g/mol. The van der Waals surface area contributed by atoms with Crippen LogP contribution >= 0.6 is 10.5 Å². The lowest BCUT2D eigenvalue weighted by Crippen LogP contribution is -1.78. The molecule has 1 aromatic rings. The van der Waals surface area contributed by atoms with Crippen molar-refractivity contribution < 1.29 is 0 Å². The van der Waals surface area contributed by atoms with E-state index in [9.17, 15) is 0 Å². The Morgan fingerprint density at radius 3 is 2.67 bits per heavy atom. The van der Waals surface area contributed by atoms with E-state index in [0.29, 0.717) is 0 Å². The van der Waals surface area contributed by atoms with Crippen LogP contribution in [0.1, 0.15) is 5.56 Å². The van der Waals surface area contributed by atoms with Crippen LogP contribution in [0.3, 0.4) is 0 Å². The second-order valence-electron chi connectivity index (χ2n) is 2.48. The van der Waals surface area contributed by atoms with E-state index in [4.69, 9.17) is 0 Å². The van der Waals surface area contributed by atoms with E-state index in [1.165, 1.54) is 5.56 Å². The van der Waals surface area contributed by atoms with Gasteiger partial charge in [-0.05, 0) is 16.3 Å². The summed E-state index contributed by atoms with van der Waals surface area (Å²) >= 11 is 0. The topological polar surface area (TPSA) is 12.4 Å². The van der Waals surface area contributed by atoms with Crippen molar-refractivity contribution >= 4 is 21.4 Å². The highest BCUT2D eigenvalue weighted by molar-refractivity contribution is 8.29. The summed E-state index contributed by atoms with van der Waals surface area (Å²) in [6.45, 7) is 0. The van der Waals surface area contributed by atoms with Crippen LogP contribution in [-0.2, 0) is 0 Å². The fourth-order valence-electron chi connectivity index (χ4n) is 1.00. The Morgan fingerprint density at radius 1 is 1.17 bits per heavy atom. The first-order valence-electron chi connectivity index (χ1n) is 3.76. The van der Waals surface area contributed by atoms with E-state index in [1.54, 1.807) is 0 Å². The zero-order valence-electron chi connectivity index (χ0n) is 6.55. The molecule has 0 saturated heterocycles. The molecular weight excluding hydrogens is 166 g/mol. The molecule has 2 heteroatoms. The van der Waals surface area contributed by atoms with E-state index >= 15 is 0 Å². The molecule has 0 N–H and O–H groups in total.